The van der Waals surface area contributed by atoms with Crippen LogP contribution in [0, 0.1) is 6.92 Å². The number of anilines is 1. The lowest BCUT2D eigenvalue weighted by Crippen LogP contribution is -2.24. The molecule has 0 saturated carbocycles. The van der Waals surface area contributed by atoms with Gasteiger partial charge in [0, 0.05) is 0 Å². The zero-order valence-corrected chi connectivity index (χ0v) is 12.5. The highest BCUT2D eigenvalue weighted by Crippen LogP contribution is 2.07. The van der Waals surface area contributed by atoms with Crippen LogP contribution in [0.1, 0.15) is 18.3 Å². The van der Waals surface area contributed by atoms with Crippen LogP contribution in [0.15, 0.2) is 35.5 Å². The van der Waals surface area contributed by atoms with Gasteiger partial charge in [-0.05, 0) is 24.6 Å². The van der Waals surface area contributed by atoms with E-state index in [9.17, 15) is 0 Å². The van der Waals surface area contributed by atoms with E-state index in [2.05, 4.69) is 25.4 Å². The SMILES string of the molecule is CCOc1nc(C)nc(N/C(N)=N/OCc2ccccc2)n1. The highest BCUT2D eigenvalue weighted by molar-refractivity contribution is 5.90. The first-order chi connectivity index (χ1) is 10.7. The van der Waals surface area contributed by atoms with Crippen molar-refractivity contribution < 1.29 is 9.57 Å². The van der Waals surface area contributed by atoms with Crippen molar-refractivity contribution in [1.29, 1.82) is 0 Å². The van der Waals surface area contributed by atoms with Gasteiger partial charge >= 0.3 is 6.01 Å². The number of benzene rings is 1. The number of rotatable bonds is 6. The summed E-state index contributed by atoms with van der Waals surface area (Å²) >= 11 is 0. The molecule has 0 radical (unpaired) electrons. The van der Waals surface area contributed by atoms with Crippen LogP contribution in [-0.4, -0.2) is 27.5 Å². The maximum Gasteiger partial charge on any atom is 0.321 e. The smallest absolute Gasteiger partial charge is 0.321 e. The van der Waals surface area contributed by atoms with Gasteiger partial charge < -0.3 is 15.3 Å². The molecular formula is C14H18N6O2. The van der Waals surface area contributed by atoms with Gasteiger partial charge in [0.1, 0.15) is 12.4 Å². The summed E-state index contributed by atoms with van der Waals surface area (Å²) in [6.45, 7) is 4.37. The van der Waals surface area contributed by atoms with Crippen molar-refractivity contribution in [2.75, 3.05) is 11.9 Å². The summed E-state index contributed by atoms with van der Waals surface area (Å²) in [4.78, 5) is 17.3. The summed E-state index contributed by atoms with van der Waals surface area (Å²) in [5, 5.41) is 6.49. The molecule has 0 spiro atoms. The largest absolute Gasteiger partial charge is 0.464 e. The van der Waals surface area contributed by atoms with E-state index in [4.69, 9.17) is 15.3 Å². The standard InChI is InChI=1S/C14H18N6O2/c1-3-21-14-17-10(2)16-13(19-14)18-12(15)20-22-9-11-7-5-4-6-8-11/h4-8H,3,9H2,1-2H3,(H3,15,16,17,18,19,20). The zero-order chi connectivity index (χ0) is 15.8. The maximum atomic E-state index is 5.72. The molecule has 0 bridgehead atoms. The summed E-state index contributed by atoms with van der Waals surface area (Å²) < 4.78 is 5.23. The monoisotopic (exact) mass is 302 g/mol. The average molecular weight is 302 g/mol. The molecule has 1 heterocycles. The second-order valence-corrected chi connectivity index (χ2v) is 4.28. The highest BCUT2D eigenvalue weighted by atomic mass is 16.6. The van der Waals surface area contributed by atoms with E-state index in [-0.39, 0.29) is 17.9 Å². The fraction of sp³-hybridized carbons (Fsp3) is 0.286. The first-order valence-electron chi connectivity index (χ1n) is 6.79. The molecule has 0 aliphatic heterocycles. The third kappa shape index (κ3) is 4.89. The molecule has 8 heteroatoms. The van der Waals surface area contributed by atoms with Crippen molar-refractivity contribution in [3.63, 3.8) is 0 Å². The third-order valence-electron chi connectivity index (χ3n) is 2.48. The number of aromatic nitrogens is 3. The van der Waals surface area contributed by atoms with E-state index >= 15 is 0 Å². The minimum atomic E-state index is 0.0454. The second-order valence-electron chi connectivity index (χ2n) is 4.28. The molecule has 0 unspecified atom stereocenters. The van der Waals surface area contributed by atoms with Crippen LogP contribution >= 0.6 is 0 Å². The van der Waals surface area contributed by atoms with E-state index in [0.29, 0.717) is 19.0 Å². The van der Waals surface area contributed by atoms with Gasteiger partial charge in [0.2, 0.25) is 11.9 Å². The summed E-state index contributed by atoms with van der Waals surface area (Å²) in [6.07, 6.45) is 0. The number of ether oxygens (including phenoxy) is 1. The zero-order valence-electron chi connectivity index (χ0n) is 12.5. The number of guanidine groups is 1. The van der Waals surface area contributed by atoms with Crippen LogP contribution in [0.3, 0.4) is 0 Å². The van der Waals surface area contributed by atoms with Gasteiger partial charge in [-0.2, -0.15) is 15.0 Å². The van der Waals surface area contributed by atoms with E-state index in [1.165, 1.54) is 0 Å². The van der Waals surface area contributed by atoms with Gasteiger partial charge in [0.15, 0.2) is 0 Å². The van der Waals surface area contributed by atoms with Crippen molar-refractivity contribution in [3.05, 3.63) is 41.7 Å². The van der Waals surface area contributed by atoms with E-state index in [1.54, 1.807) is 6.92 Å². The molecule has 0 amide bonds. The second kappa shape index (κ2) is 7.77. The molecule has 0 fully saturated rings. The maximum absolute atomic E-state index is 5.72. The van der Waals surface area contributed by atoms with Gasteiger partial charge in [-0.3, -0.25) is 5.32 Å². The van der Waals surface area contributed by atoms with Crippen LogP contribution in [-0.2, 0) is 11.4 Å². The van der Waals surface area contributed by atoms with Crippen LogP contribution in [0.2, 0.25) is 0 Å². The van der Waals surface area contributed by atoms with E-state index < -0.39 is 0 Å². The van der Waals surface area contributed by atoms with Gasteiger partial charge in [0.05, 0.1) is 6.61 Å². The van der Waals surface area contributed by atoms with Crippen molar-refractivity contribution in [2.24, 2.45) is 10.9 Å². The summed E-state index contributed by atoms with van der Waals surface area (Å²) in [7, 11) is 0. The van der Waals surface area contributed by atoms with Gasteiger partial charge in [-0.25, -0.2) is 0 Å². The molecule has 8 nitrogen and oxygen atoms in total. The van der Waals surface area contributed by atoms with Crippen LogP contribution in [0.4, 0.5) is 5.95 Å². The number of nitrogens with one attached hydrogen (secondary N) is 1. The molecule has 2 aromatic rings. The Bertz CT molecular complexity index is 632. The third-order valence-corrected chi connectivity index (χ3v) is 2.48. The number of oxime groups is 1. The molecule has 0 aliphatic carbocycles. The van der Waals surface area contributed by atoms with Crippen molar-refractivity contribution in [1.82, 2.24) is 15.0 Å². The van der Waals surface area contributed by atoms with Crippen LogP contribution in [0.5, 0.6) is 6.01 Å². The molecular weight excluding hydrogens is 284 g/mol. The van der Waals surface area contributed by atoms with Gasteiger partial charge in [-0.1, -0.05) is 30.3 Å². The molecule has 22 heavy (non-hydrogen) atoms. The van der Waals surface area contributed by atoms with Crippen LogP contribution < -0.4 is 15.8 Å². The first-order valence-corrected chi connectivity index (χ1v) is 6.79. The number of aryl methyl sites for hydroxylation is 1. The minimum absolute atomic E-state index is 0.0454. The molecule has 1 aromatic carbocycles. The normalized spacial score (nSPS) is 11.1. The highest BCUT2D eigenvalue weighted by Gasteiger charge is 2.05. The predicted octanol–water partition coefficient (Wildman–Crippen LogP) is 1.44. The Kier molecular flexibility index (Phi) is 5.47. The Hall–Kier alpha value is -2.90. The number of nitrogens with zero attached hydrogens (tertiary/aromatic N) is 4. The molecule has 0 atom stereocenters. The van der Waals surface area contributed by atoms with Gasteiger partial charge in [0.25, 0.3) is 0 Å². The number of hydrogen-bond acceptors (Lipinski definition) is 6. The molecule has 0 aliphatic rings. The summed E-state index contributed by atoms with van der Waals surface area (Å²) in [6, 6.07) is 9.88. The topological polar surface area (TPSA) is 108 Å². The molecule has 0 saturated heterocycles. The Morgan fingerprint density at radius 1 is 1.23 bits per heavy atom. The van der Waals surface area contributed by atoms with E-state index in [1.807, 2.05) is 37.3 Å². The van der Waals surface area contributed by atoms with Crippen molar-refractivity contribution in [3.8, 4) is 6.01 Å². The van der Waals surface area contributed by atoms with Crippen LogP contribution in [0.25, 0.3) is 0 Å². The lowest BCUT2D eigenvalue weighted by Gasteiger charge is -2.06. The van der Waals surface area contributed by atoms with E-state index in [0.717, 1.165) is 5.56 Å². The van der Waals surface area contributed by atoms with Crippen molar-refractivity contribution in [2.45, 2.75) is 20.5 Å². The number of hydrogen-bond donors (Lipinski definition) is 2. The lowest BCUT2D eigenvalue weighted by atomic mass is 10.2. The van der Waals surface area contributed by atoms with Gasteiger partial charge in [-0.15, -0.1) is 0 Å². The summed E-state index contributed by atoms with van der Waals surface area (Å²) in [5.74, 6) is 0.809. The first kappa shape index (κ1) is 15.5. The molecule has 1 aromatic heterocycles. The molecule has 3 N–H and O–H groups in total. The summed E-state index contributed by atoms with van der Waals surface area (Å²) in [5.41, 5.74) is 6.71. The predicted molar refractivity (Wildman–Crippen MR) is 82.2 cm³/mol. The molecule has 2 rings (SSSR count). The average Bonchev–Trinajstić information content (AvgIpc) is 2.48. The Morgan fingerprint density at radius 3 is 2.73 bits per heavy atom. The Labute approximate surface area is 128 Å². The fourth-order valence-corrected chi connectivity index (χ4v) is 1.59. The fourth-order valence-electron chi connectivity index (χ4n) is 1.59. The lowest BCUT2D eigenvalue weighted by molar-refractivity contribution is 0.130. The van der Waals surface area contributed by atoms with Crippen molar-refractivity contribution >= 4 is 11.9 Å². The molecule has 116 valence electrons. The Balaban J connectivity index is 1.93. The minimum Gasteiger partial charge on any atom is -0.464 e. The Morgan fingerprint density at radius 2 is 2.00 bits per heavy atom. The quantitative estimate of drug-likeness (QED) is 0.472. The number of nitrogens with two attached hydrogens (primary N) is 1.